The minimum atomic E-state index is -0.254. The van der Waals surface area contributed by atoms with Gasteiger partial charge in [0, 0.05) is 0 Å². The molecule has 0 radical (unpaired) electrons. The van der Waals surface area contributed by atoms with Gasteiger partial charge in [0.1, 0.15) is 6.42 Å². The zero-order chi connectivity index (χ0) is 10.1. The first-order valence-corrected chi connectivity index (χ1v) is 4.36. The second-order valence-electron chi connectivity index (χ2n) is 3.28. The second-order valence-corrected chi connectivity index (χ2v) is 3.28. The third-order valence-corrected chi connectivity index (χ3v) is 2.09. The number of aryl methyl sites for hydroxylation is 1. The molecule has 0 bridgehead atoms. The number of hydrogen-bond donors (Lipinski definition) is 1. The van der Waals surface area contributed by atoms with E-state index in [-0.39, 0.29) is 18.2 Å². The molecule has 0 saturated carbocycles. The van der Waals surface area contributed by atoms with Gasteiger partial charge >= 0.3 is 0 Å². The standard InChI is InChI=1S/C10H10N2O2/c1-7-2-4-8(5-3-7)12-10(14)6-9(13)11-12/h2-5H,6H2,1H3,(H,11,13). The minimum absolute atomic E-state index is 0.0616. The molecule has 72 valence electrons. The van der Waals surface area contributed by atoms with Gasteiger partial charge in [0.15, 0.2) is 0 Å². The summed E-state index contributed by atoms with van der Waals surface area (Å²) in [6.07, 6.45) is -0.0616. The smallest absolute Gasteiger partial charge is 0.255 e. The van der Waals surface area contributed by atoms with Crippen LogP contribution in [0.1, 0.15) is 12.0 Å². The summed E-state index contributed by atoms with van der Waals surface area (Å²) in [7, 11) is 0. The Hall–Kier alpha value is -1.84. The molecule has 0 atom stereocenters. The first-order chi connectivity index (χ1) is 6.66. The van der Waals surface area contributed by atoms with Crippen LogP contribution in [0.4, 0.5) is 5.69 Å². The first-order valence-electron chi connectivity index (χ1n) is 4.36. The highest BCUT2D eigenvalue weighted by Gasteiger charge is 2.27. The maximum absolute atomic E-state index is 11.3. The fourth-order valence-corrected chi connectivity index (χ4v) is 1.35. The predicted octanol–water partition coefficient (Wildman–Crippen LogP) is 0.763. The molecule has 0 spiro atoms. The van der Waals surface area contributed by atoms with Gasteiger partial charge in [-0.15, -0.1) is 0 Å². The molecule has 1 aliphatic heterocycles. The topological polar surface area (TPSA) is 49.4 Å². The monoisotopic (exact) mass is 190 g/mol. The molecular weight excluding hydrogens is 180 g/mol. The van der Waals surface area contributed by atoms with E-state index in [9.17, 15) is 9.59 Å². The number of amides is 2. The highest BCUT2D eigenvalue weighted by atomic mass is 16.2. The SMILES string of the molecule is Cc1ccc(N2NC(=O)CC2=O)cc1. The van der Waals surface area contributed by atoms with Crippen LogP contribution in [-0.4, -0.2) is 11.8 Å². The third-order valence-electron chi connectivity index (χ3n) is 2.09. The van der Waals surface area contributed by atoms with E-state index in [1.54, 1.807) is 12.1 Å². The van der Waals surface area contributed by atoms with Crippen molar-refractivity contribution in [1.82, 2.24) is 5.43 Å². The summed E-state index contributed by atoms with van der Waals surface area (Å²) < 4.78 is 0. The van der Waals surface area contributed by atoms with Gasteiger partial charge in [0.05, 0.1) is 5.69 Å². The highest BCUT2D eigenvalue weighted by molar-refractivity contribution is 6.11. The van der Waals surface area contributed by atoms with Crippen LogP contribution in [0.2, 0.25) is 0 Å². The van der Waals surface area contributed by atoms with Gasteiger partial charge in [-0.3, -0.25) is 15.0 Å². The summed E-state index contributed by atoms with van der Waals surface area (Å²) in [6, 6.07) is 7.40. The molecule has 1 heterocycles. The summed E-state index contributed by atoms with van der Waals surface area (Å²) >= 11 is 0. The zero-order valence-corrected chi connectivity index (χ0v) is 7.78. The molecule has 0 aliphatic carbocycles. The van der Waals surface area contributed by atoms with E-state index in [2.05, 4.69) is 5.43 Å². The van der Waals surface area contributed by atoms with E-state index in [0.29, 0.717) is 5.69 Å². The number of carbonyl (C=O) groups is 2. The lowest BCUT2D eigenvalue weighted by Gasteiger charge is -2.14. The molecule has 1 N–H and O–H groups in total. The largest absolute Gasteiger partial charge is 0.273 e. The number of hydrogen-bond acceptors (Lipinski definition) is 2. The fraction of sp³-hybridized carbons (Fsp3) is 0.200. The summed E-state index contributed by atoms with van der Waals surface area (Å²) in [5.74, 6) is -0.463. The third kappa shape index (κ3) is 1.46. The molecule has 4 nitrogen and oxygen atoms in total. The van der Waals surface area contributed by atoms with Crippen LogP contribution in [0.3, 0.4) is 0 Å². The summed E-state index contributed by atoms with van der Waals surface area (Å²) in [6.45, 7) is 1.97. The van der Waals surface area contributed by atoms with Gasteiger partial charge in [0.2, 0.25) is 5.91 Å². The normalized spacial score (nSPS) is 15.9. The van der Waals surface area contributed by atoms with Crippen molar-refractivity contribution < 1.29 is 9.59 Å². The molecule has 1 fully saturated rings. The average molecular weight is 190 g/mol. The highest BCUT2D eigenvalue weighted by Crippen LogP contribution is 2.16. The van der Waals surface area contributed by atoms with E-state index >= 15 is 0 Å². The Morgan fingerprint density at radius 1 is 1.21 bits per heavy atom. The Balaban J connectivity index is 2.27. The van der Waals surface area contributed by atoms with Gasteiger partial charge < -0.3 is 0 Å². The number of anilines is 1. The number of nitrogens with zero attached hydrogens (tertiary/aromatic N) is 1. The van der Waals surface area contributed by atoms with Crippen LogP contribution in [0.25, 0.3) is 0 Å². The summed E-state index contributed by atoms with van der Waals surface area (Å²) in [4.78, 5) is 22.2. The molecule has 0 aromatic heterocycles. The summed E-state index contributed by atoms with van der Waals surface area (Å²) in [5, 5.41) is 1.28. The molecule has 1 aliphatic rings. The Morgan fingerprint density at radius 3 is 2.36 bits per heavy atom. The van der Waals surface area contributed by atoms with E-state index in [1.807, 2.05) is 19.1 Å². The van der Waals surface area contributed by atoms with Crippen molar-refractivity contribution in [3.05, 3.63) is 29.8 Å². The Kier molecular flexibility index (Phi) is 1.96. The van der Waals surface area contributed by atoms with Crippen LogP contribution in [-0.2, 0) is 9.59 Å². The summed E-state index contributed by atoms with van der Waals surface area (Å²) in [5.41, 5.74) is 4.30. The second kappa shape index (κ2) is 3.14. The Bertz CT molecular complexity index is 384. The van der Waals surface area contributed by atoms with Crippen molar-refractivity contribution in [2.45, 2.75) is 13.3 Å². The zero-order valence-electron chi connectivity index (χ0n) is 7.78. The van der Waals surface area contributed by atoms with Crippen LogP contribution < -0.4 is 10.4 Å². The van der Waals surface area contributed by atoms with Crippen molar-refractivity contribution in [2.75, 3.05) is 5.01 Å². The Labute approximate surface area is 81.5 Å². The van der Waals surface area contributed by atoms with Crippen molar-refractivity contribution in [3.8, 4) is 0 Å². The van der Waals surface area contributed by atoms with Crippen molar-refractivity contribution in [1.29, 1.82) is 0 Å². The Morgan fingerprint density at radius 2 is 1.86 bits per heavy atom. The minimum Gasteiger partial charge on any atom is -0.273 e. The van der Waals surface area contributed by atoms with Gasteiger partial charge in [-0.25, -0.2) is 5.01 Å². The molecule has 14 heavy (non-hydrogen) atoms. The molecule has 0 unspecified atom stereocenters. The van der Waals surface area contributed by atoms with E-state index in [4.69, 9.17) is 0 Å². The quantitative estimate of drug-likeness (QED) is 0.665. The predicted molar refractivity (Wildman–Crippen MR) is 51.4 cm³/mol. The molecule has 2 amide bonds. The van der Waals surface area contributed by atoms with Crippen LogP contribution in [0.15, 0.2) is 24.3 Å². The molecule has 4 heteroatoms. The van der Waals surface area contributed by atoms with E-state index in [1.165, 1.54) is 5.01 Å². The number of benzene rings is 1. The van der Waals surface area contributed by atoms with E-state index in [0.717, 1.165) is 5.56 Å². The van der Waals surface area contributed by atoms with Crippen LogP contribution in [0, 0.1) is 6.92 Å². The first kappa shape index (κ1) is 8.74. The van der Waals surface area contributed by atoms with Crippen molar-refractivity contribution >= 4 is 17.5 Å². The molecular formula is C10H10N2O2. The van der Waals surface area contributed by atoms with Gasteiger partial charge in [0.25, 0.3) is 5.91 Å². The lowest BCUT2D eigenvalue weighted by molar-refractivity contribution is -0.122. The average Bonchev–Trinajstić information content (AvgIpc) is 2.47. The van der Waals surface area contributed by atoms with Crippen LogP contribution >= 0.6 is 0 Å². The molecule has 2 rings (SSSR count). The maximum Gasteiger partial charge on any atom is 0.255 e. The fourth-order valence-electron chi connectivity index (χ4n) is 1.35. The van der Waals surface area contributed by atoms with Crippen molar-refractivity contribution in [2.24, 2.45) is 0 Å². The van der Waals surface area contributed by atoms with Gasteiger partial charge in [-0.1, -0.05) is 17.7 Å². The van der Waals surface area contributed by atoms with Gasteiger partial charge in [-0.05, 0) is 19.1 Å². The van der Waals surface area contributed by atoms with Crippen molar-refractivity contribution in [3.63, 3.8) is 0 Å². The molecule has 1 saturated heterocycles. The number of hydrazine groups is 1. The lowest BCUT2D eigenvalue weighted by atomic mass is 10.2. The lowest BCUT2D eigenvalue weighted by Crippen LogP contribution is -2.35. The number of rotatable bonds is 1. The maximum atomic E-state index is 11.3. The molecule has 1 aromatic rings. The molecule has 1 aromatic carbocycles. The number of nitrogens with one attached hydrogen (secondary N) is 1. The van der Waals surface area contributed by atoms with E-state index < -0.39 is 0 Å². The van der Waals surface area contributed by atoms with Gasteiger partial charge in [-0.2, -0.15) is 0 Å². The van der Waals surface area contributed by atoms with Crippen LogP contribution in [0.5, 0.6) is 0 Å². The number of carbonyl (C=O) groups excluding carboxylic acids is 2.